The number of nitro benzene ring substituents is 1. The molecule has 0 saturated carbocycles. The van der Waals surface area contributed by atoms with E-state index in [0.29, 0.717) is 5.69 Å². The molecule has 0 amide bonds. The third-order valence-electron chi connectivity index (χ3n) is 2.95. The molecule has 1 aromatic carbocycles. The van der Waals surface area contributed by atoms with E-state index in [2.05, 4.69) is 9.71 Å². The summed E-state index contributed by atoms with van der Waals surface area (Å²) < 4.78 is 31.8. The number of pyridine rings is 1. The number of hydrogen-bond donors (Lipinski definition) is 2. The number of H-pyrrole nitrogens is 1. The van der Waals surface area contributed by atoms with Crippen LogP contribution in [0.25, 0.3) is 0 Å². The molecule has 2 N–H and O–H groups in total. The van der Waals surface area contributed by atoms with E-state index in [-0.39, 0.29) is 22.0 Å². The first-order valence-corrected chi connectivity index (χ1v) is 7.78. The summed E-state index contributed by atoms with van der Waals surface area (Å²) in [6.45, 7) is 1.65. The van der Waals surface area contributed by atoms with Crippen LogP contribution in [0, 0.1) is 17.0 Å². The number of nitro groups is 1. The highest BCUT2D eigenvalue weighted by Gasteiger charge is 2.23. The Morgan fingerprint density at radius 1 is 1.26 bits per heavy atom. The molecule has 0 aliphatic carbocycles. The van der Waals surface area contributed by atoms with Crippen LogP contribution in [0.4, 0.5) is 11.4 Å². The molecule has 0 unspecified atom stereocenters. The molecule has 0 bridgehead atoms. The molecule has 0 spiro atoms. The van der Waals surface area contributed by atoms with Crippen molar-refractivity contribution in [2.75, 3.05) is 11.8 Å². The fraction of sp³-hybridized carbons (Fsp3) is 0.154. The average Bonchev–Trinajstić information content (AvgIpc) is 2.49. The van der Waals surface area contributed by atoms with E-state index in [9.17, 15) is 23.3 Å². The standard InChI is InChI=1S/C13H13N3O6S/c1-8-3-5-10(13(17)14-8)15-23(20,21)12-6-4-9(16(18)19)7-11(12)22-2/h3-7,15H,1-2H3,(H,14,17). The molecule has 0 radical (unpaired) electrons. The lowest BCUT2D eigenvalue weighted by molar-refractivity contribution is -0.385. The van der Waals surface area contributed by atoms with Crippen molar-refractivity contribution in [2.45, 2.75) is 11.8 Å². The minimum absolute atomic E-state index is 0.170. The number of methoxy groups -OCH3 is 1. The molecule has 2 rings (SSSR count). The van der Waals surface area contributed by atoms with Crippen LogP contribution in [-0.4, -0.2) is 25.4 Å². The summed E-state index contributed by atoms with van der Waals surface area (Å²) in [6.07, 6.45) is 0. The molecule has 1 aromatic heterocycles. The van der Waals surface area contributed by atoms with Gasteiger partial charge in [-0.2, -0.15) is 0 Å². The Hall–Kier alpha value is -2.88. The molecule has 10 heteroatoms. The number of sulfonamides is 1. The number of non-ortho nitro benzene ring substituents is 1. The van der Waals surface area contributed by atoms with Gasteiger partial charge < -0.3 is 9.72 Å². The predicted molar refractivity (Wildman–Crippen MR) is 82.3 cm³/mol. The van der Waals surface area contributed by atoms with E-state index in [1.165, 1.54) is 19.2 Å². The first-order chi connectivity index (χ1) is 10.7. The van der Waals surface area contributed by atoms with E-state index in [0.717, 1.165) is 18.2 Å². The minimum atomic E-state index is -4.15. The van der Waals surface area contributed by atoms with Crippen molar-refractivity contribution in [2.24, 2.45) is 0 Å². The van der Waals surface area contributed by atoms with Gasteiger partial charge in [0.25, 0.3) is 21.3 Å². The Balaban J connectivity index is 2.47. The van der Waals surface area contributed by atoms with Crippen LogP contribution in [0.1, 0.15) is 5.69 Å². The first-order valence-electron chi connectivity index (χ1n) is 6.30. The maximum absolute atomic E-state index is 12.4. The Bertz CT molecular complexity index is 920. The molecule has 2 aromatic rings. The quantitative estimate of drug-likeness (QED) is 0.625. The highest BCUT2D eigenvalue weighted by atomic mass is 32.2. The third kappa shape index (κ3) is 3.48. The number of anilines is 1. The number of hydrogen-bond acceptors (Lipinski definition) is 6. The van der Waals surface area contributed by atoms with Crippen LogP contribution >= 0.6 is 0 Å². The van der Waals surface area contributed by atoms with Gasteiger partial charge in [-0.3, -0.25) is 19.6 Å². The molecule has 1 heterocycles. The van der Waals surface area contributed by atoms with Crippen LogP contribution in [0.5, 0.6) is 5.75 Å². The zero-order chi connectivity index (χ0) is 17.2. The van der Waals surface area contributed by atoms with Crippen molar-refractivity contribution in [1.29, 1.82) is 0 Å². The number of nitrogens with one attached hydrogen (secondary N) is 2. The van der Waals surface area contributed by atoms with Gasteiger partial charge in [0.1, 0.15) is 16.3 Å². The maximum atomic E-state index is 12.4. The van der Waals surface area contributed by atoms with E-state index in [4.69, 9.17) is 4.74 Å². The van der Waals surface area contributed by atoms with Gasteiger partial charge in [0.15, 0.2) is 0 Å². The van der Waals surface area contributed by atoms with Gasteiger partial charge in [-0.15, -0.1) is 0 Å². The lowest BCUT2D eigenvalue weighted by atomic mass is 10.3. The third-order valence-corrected chi connectivity index (χ3v) is 4.35. The summed E-state index contributed by atoms with van der Waals surface area (Å²) in [4.78, 5) is 24.0. The number of aromatic amines is 1. The van der Waals surface area contributed by atoms with Crippen LogP contribution in [0.15, 0.2) is 40.0 Å². The van der Waals surface area contributed by atoms with Gasteiger partial charge in [0.05, 0.1) is 18.1 Å². The van der Waals surface area contributed by atoms with E-state index < -0.39 is 20.5 Å². The van der Waals surface area contributed by atoms with Gasteiger partial charge in [-0.25, -0.2) is 8.42 Å². The van der Waals surface area contributed by atoms with E-state index >= 15 is 0 Å². The summed E-state index contributed by atoms with van der Waals surface area (Å²) in [5, 5.41) is 10.7. The Morgan fingerprint density at radius 3 is 2.52 bits per heavy atom. The normalized spacial score (nSPS) is 11.0. The van der Waals surface area contributed by atoms with Crippen molar-refractivity contribution in [3.05, 3.63) is 56.5 Å². The topological polar surface area (TPSA) is 131 Å². The van der Waals surface area contributed by atoms with E-state index in [1.54, 1.807) is 6.92 Å². The Labute approximate surface area is 131 Å². The molecule has 9 nitrogen and oxygen atoms in total. The molecule has 0 aliphatic heterocycles. The van der Waals surface area contributed by atoms with Gasteiger partial charge >= 0.3 is 0 Å². The lowest BCUT2D eigenvalue weighted by Crippen LogP contribution is -2.21. The van der Waals surface area contributed by atoms with Gasteiger partial charge in [-0.1, -0.05) is 0 Å². The molecular weight excluding hydrogens is 326 g/mol. The second kappa shape index (κ2) is 6.08. The van der Waals surface area contributed by atoms with Crippen LogP contribution in [-0.2, 0) is 10.0 Å². The molecule has 122 valence electrons. The maximum Gasteiger partial charge on any atom is 0.273 e. The van der Waals surface area contributed by atoms with Crippen molar-refractivity contribution in [1.82, 2.24) is 4.98 Å². The fourth-order valence-electron chi connectivity index (χ4n) is 1.84. The van der Waals surface area contributed by atoms with E-state index in [1.807, 2.05) is 0 Å². The summed E-state index contributed by atoms with van der Waals surface area (Å²) in [7, 11) is -2.96. The average molecular weight is 339 g/mol. The second-order valence-corrected chi connectivity index (χ2v) is 6.23. The monoisotopic (exact) mass is 339 g/mol. The lowest BCUT2D eigenvalue weighted by Gasteiger charge is -2.11. The second-order valence-electron chi connectivity index (χ2n) is 4.58. The molecule has 23 heavy (non-hydrogen) atoms. The van der Waals surface area contributed by atoms with Crippen LogP contribution in [0.3, 0.4) is 0 Å². The van der Waals surface area contributed by atoms with Crippen molar-refractivity contribution < 1.29 is 18.1 Å². The first kappa shape index (κ1) is 16.5. The van der Waals surface area contributed by atoms with Gasteiger partial charge in [0.2, 0.25) is 0 Å². The van der Waals surface area contributed by atoms with Crippen LogP contribution in [0.2, 0.25) is 0 Å². The highest BCUT2D eigenvalue weighted by Crippen LogP contribution is 2.29. The number of aryl methyl sites for hydroxylation is 1. The number of ether oxygens (including phenoxy) is 1. The van der Waals surface area contributed by atoms with Gasteiger partial charge in [-0.05, 0) is 25.1 Å². The van der Waals surface area contributed by atoms with Crippen molar-refractivity contribution in [3.63, 3.8) is 0 Å². The summed E-state index contributed by atoms with van der Waals surface area (Å²) in [5.41, 5.74) is -0.509. The predicted octanol–water partition coefficient (Wildman–Crippen LogP) is 1.40. The highest BCUT2D eigenvalue weighted by molar-refractivity contribution is 7.92. The fourth-order valence-corrected chi connectivity index (χ4v) is 3.06. The number of aromatic nitrogens is 1. The molecule has 0 aliphatic rings. The van der Waals surface area contributed by atoms with Gasteiger partial charge in [0, 0.05) is 11.8 Å². The Kier molecular flexibility index (Phi) is 4.36. The number of benzene rings is 1. The smallest absolute Gasteiger partial charge is 0.273 e. The largest absolute Gasteiger partial charge is 0.495 e. The number of rotatable bonds is 5. The summed E-state index contributed by atoms with van der Waals surface area (Å²) >= 11 is 0. The molecule has 0 fully saturated rings. The molecule has 0 atom stereocenters. The molecular formula is C13H13N3O6S. The minimum Gasteiger partial charge on any atom is -0.495 e. The molecule has 0 saturated heterocycles. The van der Waals surface area contributed by atoms with Crippen molar-refractivity contribution >= 4 is 21.4 Å². The number of nitrogens with zero attached hydrogens (tertiary/aromatic N) is 1. The summed E-state index contributed by atoms with van der Waals surface area (Å²) in [6, 6.07) is 5.93. The summed E-state index contributed by atoms with van der Waals surface area (Å²) in [5.74, 6) is -0.199. The zero-order valence-electron chi connectivity index (χ0n) is 12.2. The Morgan fingerprint density at radius 2 is 1.96 bits per heavy atom. The SMILES string of the molecule is COc1cc([N+](=O)[O-])ccc1S(=O)(=O)Nc1ccc(C)[nH]c1=O. The van der Waals surface area contributed by atoms with Crippen molar-refractivity contribution in [3.8, 4) is 5.75 Å². The zero-order valence-corrected chi connectivity index (χ0v) is 13.0. The van der Waals surface area contributed by atoms with Crippen LogP contribution < -0.4 is 15.0 Å².